The maximum atomic E-state index is 7.11. The monoisotopic (exact) mass is 599 g/mol. The van der Waals surface area contributed by atoms with Gasteiger partial charge in [0.15, 0.2) is 0 Å². The molecule has 2 heterocycles. The van der Waals surface area contributed by atoms with Crippen molar-refractivity contribution in [1.29, 1.82) is 0 Å². The number of hydrogen-bond acceptors (Lipinski definition) is 2. The van der Waals surface area contributed by atoms with E-state index in [1.165, 1.54) is 44.4 Å². The van der Waals surface area contributed by atoms with E-state index >= 15 is 0 Å². The summed E-state index contributed by atoms with van der Waals surface area (Å²) >= 11 is 0. The van der Waals surface area contributed by atoms with Crippen molar-refractivity contribution in [2.75, 3.05) is 4.90 Å². The van der Waals surface area contributed by atoms with Gasteiger partial charge in [-0.1, -0.05) is 152 Å². The minimum atomic E-state index is -0.607. The Morgan fingerprint density at radius 1 is 0.362 bits per heavy atom. The standard InChI is InChI=1S/C45H29NO/c1-2-12-30(13-3-1)31-22-26-34(27-23-31)46-41-20-10-8-18-37(41)45(38-19-9-11-21-42(38)46)39-28-24-32-14-4-6-16-35(32)43(39)47-44-36-17-7-5-15-33(36)25-29-40(44)45/h1-29H. The van der Waals surface area contributed by atoms with Crippen molar-refractivity contribution in [3.05, 3.63) is 198 Å². The molecule has 0 saturated carbocycles. The molecule has 10 rings (SSSR count). The van der Waals surface area contributed by atoms with Crippen LogP contribution >= 0.6 is 0 Å². The van der Waals surface area contributed by atoms with Crippen molar-refractivity contribution >= 4 is 38.6 Å². The largest absolute Gasteiger partial charge is 0.455 e. The number of hydrogen-bond donors (Lipinski definition) is 0. The number of nitrogens with zero attached hydrogens (tertiary/aromatic N) is 1. The van der Waals surface area contributed by atoms with Gasteiger partial charge in [-0.05, 0) is 57.3 Å². The highest BCUT2D eigenvalue weighted by Gasteiger charge is 2.51. The molecule has 8 aromatic carbocycles. The van der Waals surface area contributed by atoms with E-state index in [0.717, 1.165) is 39.1 Å². The second-order valence-electron chi connectivity index (χ2n) is 12.5. The van der Waals surface area contributed by atoms with Crippen LogP contribution in [0.4, 0.5) is 17.1 Å². The summed E-state index contributed by atoms with van der Waals surface area (Å²) in [5.41, 5.74) is 10.1. The average Bonchev–Trinajstić information content (AvgIpc) is 3.15. The topological polar surface area (TPSA) is 12.5 Å². The molecule has 0 saturated heterocycles. The molecule has 2 nitrogen and oxygen atoms in total. The molecule has 2 aliphatic rings. The molecule has 2 heteroatoms. The molecule has 220 valence electrons. The Kier molecular flexibility index (Phi) is 5.53. The first-order chi connectivity index (χ1) is 23.3. The lowest BCUT2D eigenvalue weighted by molar-refractivity contribution is 0.444. The van der Waals surface area contributed by atoms with E-state index in [9.17, 15) is 0 Å². The Labute approximate surface area is 273 Å². The molecule has 0 N–H and O–H groups in total. The maximum absolute atomic E-state index is 7.11. The normalized spacial score (nSPS) is 13.8. The second-order valence-corrected chi connectivity index (χ2v) is 12.5. The smallest absolute Gasteiger partial charge is 0.140 e. The first-order valence-corrected chi connectivity index (χ1v) is 16.2. The first-order valence-electron chi connectivity index (χ1n) is 16.2. The highest BCUT2D eigenvalue weighted by Crippen LogP contribution is 2.64. The van der Waals surface area contributed by atoms with Gasteiger partial charge in [0.25, 0.3) is 0 Å². The van der Waals surface area contributed by atoms with Crippen LogP contribution in [0.5, 0.6) is 11.5 Å². The first kappa shape index (κ1) is 26.1. The lowest BCUT2D eigenvalue weighted by Crippen LogP contribution is -2.39. The molecule has 0 atom stereocenters. The molecule has 8 aromatic rings. The average molecular weight is 600 g/mol. The van der Waals surface area contributed by atoms with Gasteiger partial charge >= 0.3 is 0 Å². The molecule has 0 aromatic heterocycles. The van der Waals surface area contributed by atoms with Crippen LogP contribution < -0.4 is 9.64 Å². The third kappa shape index (κ3) is 3.61. The predicted molar refractivity (Wildman–Crippen MR) is 194 cm³/mol. The van der Waals surface area contributed by atoms with Crippen molar-refractivity contribution in [2.45, 2.75) is 5.41 Å². The van der Waals surface area contributed by atoms with Crippen molar-refractivity contribution < 1.29 is 4.74 Å². The number of para-hydroxylation sites is 2. The van der Waals surface area contributed by atoms with Crippen molar-refractivity contribution in [2.24, 2.45) is 0 Å². The van der Waals surface area contributed by atoms with Crippen molar-refractivity contribution in [3.8, 4) is 22.6 Å². The summed E-state index contributed by atoms with van der Waals surface area (Å²) in [7, 11) is 0. The second kappa shape index (κ2) is 9.94. The molecule has 0 fully saturated rings. The minimum absolute atomic E-state index is 0.607. The lowest BCUT2D eigenvalue weighted by atomic mass is 9.60. The minimum Gasteiger partial charge on any atom is -0.455 e. The molecule has 47 heavy (non-hydrogen) atoms. The summed E-state index contributed by atoms with van der Waals surface area (Å²) in [6, 6.07) is 63.7. The highest BCUT2D eigenvalue weighted by atomic mass is 16.5. The summed E-state index contributed by atoms with van der Waals surface area (Å²) in [6.45, 7) is 0. The van der Waals surface area contributed by atoms with Crippen LogP contribution in [-0.4, -0.2) is 0 Å². The van der Waals surface area contributed by atoms with Crippen LogP contribution in [0.1, 0.15) is 22.3 Å². The van der Waals surface area contributed by atoms with Gasteiger partial charge in [-0.15, -0.1) is 0 Å². The van der Waals surface area contributed by atoms with Gasteiger partial charge in [0.05, 0.1) is 16.8 Å². The van der Waals surface area contributed by atoms with E-state index < -0.39 is 5.41 Å². The van der Waals surface area contributed by atoms with E-state index in [2.05, 4.69) is 181 Å². The van der Waals surface area contributed by atoms with Gasteiger partial charge < -0.3 is 9.64 Å². The Hall–Kier alpha value is -6.12. The van der Waals surface area contributed by atoms with Gasteiger partial charge in [0.1, 0.15) is 11.5 Å². The Morgan fingerprint density at radius 2 is 0.830 bits per heavy atom. The van der Waals surface area contributed by atoms with Gasteiger partial charge in [0.2, 0.25) is 0 Å². The molecule has 0 bridgehead atoms. The molecular weight excluding hydrogens is 571 g/mol. The van der Waals surface area contributed by atoms with E-state index in [0.29, 0.717) is 0 Å². The van der Waals surface area contributed by atoms with Crippen LogP contribution in [-0.2, 0) is 5.41 Å². The molecule has 0 unspecified atom stereocenters. The fraction of sp³-hybridized carbons (Fsp3) is 0.0222. The quantitative estimate of drug-likeness (QED) is 0.196. The fourth-order valence-electron chi connectivity index (χ4n) is 8.08. The number of benzene rings is 8. The zero-order chi connectivity index (χ0) is 31.0. The Morgan fingerprint density at radius 3 is 1.40 bits per heavy atom. The third-order valence-electron chi connectivity index (χ3n) is 10.1. The number of rotatable bonds is 2. The van der Waals surface area contributed by atoms with Gasteiger partial charge in [-0.25, -0.2) is 0 Å². The number of anilines is 3. The van der Waals surface area contributed by atoms with E-state index in [4.69, 9.17) is 4.74 Å². The van der Waals surface area contributed by atoms with Gasteiger partial charge in [-0.3, -0.25) is 0 Å². The zero-order valence-electron chi connectivity index (χ0n) is 25.6. The zero-order valence-corrected chi connectivity index (χ0v) is 25.6. The number of ether oxygens (including phenoxy) is 1. The Bertz CT molecular complexity index is 2360. The molecule has 0 amide bonds. The van der Waals surface area contributed by atoms with Crippen LogP contribution in [0.2, 0.25) is 0 Å². The van der Waals surface area contributed by atoms with E-state index in [1.54, 1.807) is 0 Å². The summed E-state index contributed by atoms with van der Waals surface area (Å²) < 4.78 is 7.11. The summed E-state index contributed by atoms with van der Waals surface area (Å²) in [5.74, 6) is 1.86. The molecule has 2 aliphatic heterocycles. The highest BCUT2D eigenvalue weighted by molar-refractivity contribution is 6.00. The molecule has 1 spiro atoms. The fourth-order valence-corrected chi connectivity index (χ4v) is 8.08. The molecular formula is C45H29NO. The van der Waals surface area contributed by atoms with Crippen LogP contribution in [0, 0.1) is 0 Å². The van der Waals surface area contributed by atoms with Crippen molar-refractivity contribution in [1.82, 2.24) is 0 Å². The SMILES string of the molecule is c1ccc(-c2ccc(N3c4ccccc4C4(c5ccccc53)c3ccc5ccccc5c3Oc3c4ccc4ccccc34)cc2)cc1. The van der Waals surface area contributed by atoms with Gasteiger partial charge in [0, 0.05) is 27.6 Å². The van der Waals surface area contributed by atoms with Gasteiger partial charge in [-0.2, -0.15) is 0 Å². The van der Waals surface area contributed by atoms with E-state index in [-0.39, 0.29) is 0 Å². The molecule has 0 radical (unpaired) electrons. The summed E-state index contributed by atoms with van der Waals surface area (Å²) in [5, 5.41) is 4.58. The Balaban J connectivity index is 1.30. The summed E-state index contributed by atoms with van der Waals surface area (Å²) in [4.78, 5) is 2.43. The summed E-state index contributed by atoms with van der Waals surface area (Å²) in [6.07, 6.45) is 0. The number of fused-ring (bicyclic) bond motifs is 12. The third-order valence-corrected chi connectivity index (χ3v) is 10.1. The van der Waals surface area contributed by atoms with E-state index in [1.807, 2.05) is 0 Å². The lowest BCUT2D eigenvalue weighted by Gasteiger charge is -2.49. The maximum Gasteiger partial charge on any atom is 0.140 e. The van der Waals surface area contributed by atoms with Crippen LogP contribution in [0.3, 0.4) is 0 Å². The van der Waals surface area contributed by atoms with Crippen LogP contribution in [0.25, 0.3) is 32.7 Å². The predicted octanol–water partition coefficient (Wildman–Crippen LogP) is 11.9. The van der Waals surface area contributed by atoms with Crippen molar-refractivity contribution in [3.63, 3.8) is 0 Å². The van der Waals surface area contributed by atoms with Crippen LogP contribution in [0.15, 0.2) is 176 Å². The molecule has 0 aliphatic carbocycles.